The third kappa shape index (κ3) is 3.79. The average Bonchev–Trinajstić information content (AvgIpc) is 1.99. The number of carbonyl (C=O) groups is 1. The van der Waals surface area contributed by atoms with Crippen LogP contribution in [0.5, 0.6) is 0 Å². The van der Waals surface area contributed by atoms with Gasteiger partial charge >= 0.3 is 12.1 Å². The lowest BCUT2D eigenvalue weighted by atomic mass is 10.2. The van der Waals surface area contributed by atoms with Crippen molar-refractivity contribution in [1.29, 1.82) is 0 Å². The van der Waals surface area contributed by atoms with Crippen LogP contribution in [-0.4, -0.2) is 23.9 Å². The van der Waals surface area contributed by atoms with Gasteiger partial charge in [-0.1, -0.05) is 0 Å². The average molecular weight is 245 g/mol. The topological polar surface area (TPSA) is 29.1 Å². The molecule has 0 amide bonds. The number of allylic oxidation sites excluding steroid dienone is 2. The van der Waals surface area contributed by atoms with Crippen LogP contribution in [0.2, 0.25) is 0 Å². The molecule has 0 atom stereocenters. The normalized spacial score (nSPS) is 14.2. The number of hydrogen-bond acceptors (Lipinski definition) is 2. The summed E-state index contributed by atoms with van der Waals surface area (Å²) in [5.74, 6) is -7.61. The minimum atomic E-state index is -5.86. The summed E-state index contributed by atoms with van der Waals surface area (Å²) in [6.07, 6.45) is -5.60. The van der Waals surface area contributed by atoms with E-state index >= 15 is 0 Å². The van der Waals surface area contributed by atoms with Gasteiger partial charge in [-0.05, 0) is 20.8 Å². The van der Waals surface area contributed by atoms with Crippen LogP contribution in [-0.2, 0) is 4.79 Å². The number of hydrogen-bond donors (Lipinski definition) is 1. The largest absolute Gasteiger partial charge is 0.461 e. The molecule has 0 spiro atoms. The van der Waals surface area contributed by atoms with Crippen LogP contribution in [0.25, 0.3) is 0 Å². The third-order valence-corrected chi connectivity index (χ3v) is 1.53. The first-order valence-electron chi connectivity index (χ1n) is 4.42. The van der Waals surface area contributed by atoms with Crippen LogP contribution in [0.1, 0.15) is 20.8 Å². The molecule has 0 aromatic heterocycles. The molecule has 7 heteroatoms. The zero-order valence-electron chi connectivity index (χ0n) is 8.95. The Kier molecular flexibility index (Phi) is 4.45. The second kappa shape index (κ2) is 4.80. The van der Waals surface area contributed by atoms with Crippen molar-refractivity contribution in [3.8, 4) is 0 Å². The molecule has 0 heterocycles. The van der Waals surface area contributed by atoms with Gasteiger partial charge in [0.15, 0.2) is 0 Å². The molecule has 0 aliphatic rings. The van der Waals surface area contributed by atoms with Gasteiger partial charge in [0.05, 0.1) is 0 Å². The molecule has 0 aliphatic carbocycles. The van der Waals surface area contributed by atoms with E-state index in [2.05, 4.69) is 5.32 Å². The zero-order valence-corrected chi connectivity index (χ0v) is 8.95. The molecular formula is C9H12F5NO. The molecule has 0 saturated carbocycles. The van der Waals surface area contributed by atoms with Gasteiger partial charge in [-0.25, -0.2) is 0 Å². The molecule has 1 N–H and O–H groups in total. The van der Waals surface area contributed by atoms with E-state index in [0.29, 0.717) is 0 Å². The molecule has 0 aliphatic heterocycles. The van der Waals surface area contributed by atoms with Gasteiger partial charge in [0.2, 0.25) is 5.78 Å². The molecule has 2 nitrogen and oxygen atoms in total. The molecule has 0 bridgehead atoms. The monoisotopic (exact) mass is 245 g/mol. The summed E-state index contributed by atoms with van der Waals surface area (Å²) >= 11 is 0. The molecule has 0 rings (SSSR count). The molecule has 94 valence electrons. The lowest BCUT2D eigenvalue weighted by Crippen LogP contribution is -2.43. The minimum absolute atomic E-state index is 0.0380. The van der Waals surface area contributed by atoms with Crippen LogP contribution < -0.4 is 5.32 Å². The Morgan fingerprint density at radius 1 is 1.19 bits per heavy atom. The summed E-state index contributed by atoms with van der Waals surface area (Å²) in [5, 5.41) is 2.54. The summed E-state index contributed by atoms with van der Waals surface area (Å²) in [6.45, 7) is 4.55. The maximum absolute atomic E-state index is 12.5. The Hall–Kier alpha value is -1.14. The van der Waals surface area contributed by atoms with E-state index in [0.717, 1.165) is 0 Å². The van der Waals surface area contributed by atoms with Crippen molar-refractivity contribution in [2.24, 2.45) is 0 Å². The second-order valence-electron chi connectivity index (χ2n) is 3.56. The summed E-state index contributed by atoms with van der Waals surface area (Å²) in [4.78, 5) is 10.7. The first-order valence-corrected chi connectivity index (χ1v) is 4.42. The fourth-order valence-corrected chi connectivity index (χ4v) is 0.924. The molecule has 0 radical (unpaired) electrons. The van der Waals surface area contributed by atoms with Crippen molar-refractivity contribution in [2.45, 2.75) is 38.9 Å². The highest BCUT2D eigenvalue weighted by atomic mass is 19.4. The van der Waals surface area contributed by atoms with Crippen LogP contribution in [0.15, 0.2) is 11.8 Å². The van der Waals surface area contributed by atoms with Crippen molar-refractivity contribution in [3.05, 3.63) is 11.8 Å². The summed E-state index contributed by atoms with van der Waals surface area (Å²) < 4.78 is 60.3. The van der Waals surface area contributed by atoms with Crippen LogP contribution in [0, 0.1) is 0 Å². The number of halogens is 5. The van der Waals surface area contributed by atoms with Gasteiger partial charge in [0, 0.05) is 17.8 Å². The maximum atomic E-state index is 12.5. The first kappa shape index (κ1) is 14.9. The number of rotatable bonds is 4. The van der Waals surface area contributed by atoms with E-state index in [1.165, 1.54) is 6.92 Å². The van der Waals surface area contributed by atoms with Crippen molar-refractivity contribution >= 4 is 5.78 Å². The Morgan fingerprint density at radius 3 is 1.94 bits per heavy atom. The van der Waals surface area contributed by atoms with Gasteiger partial charge in [0.25, 0.3) is 0 Å². The Morgan fingerprint density at radius 2 is 1.62 bits per heavy atom. The molecule has 0 aromatic carbocycles. The number of ketones is 1. The predicted molar refractivity (Wildman–Crippen MR) is 48.0 cm³/mol. The molecule has 16 heavy (non-hydrogen) atoms. The van der Waals surface area contributed by atoms with E-state index in [1.54, 1.807) is 13.8 Å². The molecule has 0 fully saturated rings. The Labute approximate surface area is 89.5 Å². The SMILES string of the molecule is C/C(=C/C(=O)C(F)(F)C(F)(F)F)NC(C)C. The first-order chi connectivity index (χ1) is 6.98. The van der Waals surface area contributed by atoms with Gasteiger partial charge in [0.1, 0.15) is 0 Å². The smallest absolute Gasteiger partial charge is 0.386 e. The van der Waals surface area contributed by atoms with E-state index in [9.17, 15) is 26.7 Å². The fourth-order valence-electron chi connectivity index (χ4n) is 0.924. The lowest BCUT2D eigenvalue weighted by molar-refractivity contribution is -0.266. The number of alkyl halides is 5. The number of carbonyl (C=O) groups excluding carboxylic acids is 1. The summed E-state index contributed by atoms with van der Waals surface area (Å²) in [6, 6.07) is -0.163. The molecule has 0 aromatic rings. The van der Waals surface area contributed by atoms with Gasteiger partial charge in [-0.15, -0.1) is 0 Å². The molecular weight excluding hydrogens is 233 g/mol. The lowest BCUT2D eigenvalue weighted by Gasteiger charge is -2.17. The minimum Gasteiger partial charge on any atom is -0.386 e. The highest BCUT2D eigenvalue weighted by Crippen LogP contribution is 2.36. The van der Waals surface area contributed by atoms with Crippen molar-refractivity contribution in [3.63, 3.8) is 0 Å². The van der Waals surface area contributed by atoms with Crippen LogP contribution in [0.3, 0.4) is 0 Å². The highest BCUT2D eigenvalue weighted by Gasteiger charge is 2.62. The summed E-state index contributed by atoms with van der Waals surface area (Å²) in [5.41, 5.74) is -0.0380. The Balaban J connectivity index is 4.83. The van der Waals surface area contributed by atoms with Crippen molar-refractivity contribution < 1.29 is 26.7 Å². The highest BCUT2D eigenvalue weighted by molar-refractivity contribution is 5.96. The molecule has 0 unspecified atom stereocenters. The Bertz CT molecular complexity index is 293. The summed E-state index contributed by atoms with van der Waals surface area (Å²) in [7, 11) is 0. The number of nitrogens with one attached hydrogen (secondary N) is 1. The van der Waals surface area contributed by atoms with E-state index in [-0.39, 0.29) is 17.8 Å². The van der Waals surface area contributed by atoms with Gasteiger partial charge in [-0.2, -0.15) is 22.0 Å². The quantitative estimate of drug-likeness (QED) is 0.609. The predicted octanol–water partition coefficient (Wildman–Crippen LogP) is 2.65. The fraction of sp³-hybridized carbons (Fsp3) is 0.667. The van der Waals surface area contributed by atoms with Crippen molar-refractivity contribution in [2.75, 3.05) is 0 Å². The maximum Gasteiger partial charge on any atom is 0.461 e. The van der Waals surface area contributed by atoms with E-state index in [4.69, 9.17) is 0 Å². The van der Waals surface area contributed by atoms with Gasteiger partial charge in [-0.3, -0.25) is 4.79 Å². The van der Waals surface area contributed by atoms with Crippen LogP contribution in [0.4, 0.5) is 22.0 Å². The van der Waals surface area contributed by atoms with E-state index in [1.807, 2.05) is 0 Å². The zero-order chi connectivity index (χ0) is 13.1. The standard InChI is InChI=1S/C9H12F5NO/c1-5(2)15-6(3)4-7(16)8(10,11)9(12,13)14/h4-5,15H,1-3H3/b6-4-. The van der Waals surface area contributed by atoms with Crippen LogP contribution >= 0.6 is 0 Å². The third-order valence-electron chi connectivity index (χ3n) is 1.53. The van der Waals surface area contributed by atoms with Gasteiger partial charge < -0.3 is 5.32 Å². The molecule has 0 saturated heterocycles. The second-order valence-corrected chi connectivity index (χ2v) is 3.56. The van der Waals surface area contributed by atoms with E-state index < -0.39 is 17.9 Å². The van der Waals surface area contributed by atoms with Crippen molar-refractivity contribution in [1.82, 2.24) is 5.32 Å².